The molecule has 1 aromatic carbocycles. The van der Waals surface area contributed by atoms with Crippen LogP contribution in [0.2, 0.25) is 10.2 Å². The standard InChI is InChI=1S/C11H10Cl2N2/c1-6(2)11-14-9-7(10(13)15-11)4-3-5-8(9)12/h3-6H,1-2H3. The van der Waals surface area contributed by atoms with Crippen LogP contribution in [-0.4, -0.2) is 9.97 Å². The largest absolute Gasteiger partial charge is 0.231 e. The van der Waals surface area contributed by atoms with Gasteiger partial charge in [0.15, 0.2) is 0 Å². The lowest BCUT2D eigenvalue weighted by Crippen LogP contribution is -1.98. The van der Waals surface area contributed by atoms with Gasteiger partial charge in [0.25, 0.3) is 0 Å². The van der Waals surface area contributed by atoms with Gasteiger partial charge in [-0.05, 0) is 12.1 Å². The van der Waals surface area contributed by atoms with Crippen LogP contribution in [0.25, 0.3) is 10.9 Å². The van der Waals surface area contributed by atoms with Crippen molar-refractivity contribution in [3.05, 3.63) is 34.2 Å². The van der Waals surface area contributed by atoms with Gasteiger partial charge >= 0.3 is 0 Å². The summed E-state index contributed by atoms with van der Waals surface area (Å²) in [6, 6.07) is 5.51. The molecule has 0 unspecified atom stereocenters. The summed E-state index contributed by atoms with van der Waals surface area (Å²) in [7, 11) is 0. The van der Waals surface area contributed by atoms with E-state index >= 15 is 0 Å². The lowest BCUT2D eigenvalue weighted by molar-refractivity contribution is 0.783. The maximum absolute atomic E-state index is 6.07. The number of hydrogen-bond donors (Lipinski definition) is 0. The van der Waals surface area contributed by atoms with Crippen LogP contribution in [0.3, 0.4) is 0 Å². The van der Waals surface area contributed by atoms with E-state index in [2.05, 4.69) is 9.97 Å². The second-order valence-corrected chi connectivity index (χ2v) is 4.43. The third kappa shape index (κ3) is 1.92. The SMILES string of the molecule is CC(C)c1nc(Cl)c2cccc(Cl)c2n1. The molecule has 0 aliphatic rings. The van der Waals surface area contributed by atoms with E-state index in [-0.39, 0.29) is 5.92 Å². The smallest absolute Gasteiger partial charge is 0.140 e. The van der Waals surface area contributed by atoms with Gasteiger partial charge in [-0.3, -0.25) is 0 Å². The molecule has 0 N–H and O–H groups in total. The molecule has 0 amide bonds. The minimum Gasteiger partial charge on any atom is -0.231 e. The van der Waals surface area contributed by atoms with Crippen LogP contribution in [0.1, 0.15) is 25.6 Å². The number of rotatable bonds is 1. The highest BCUT2D eigenvalue weighted by atomic mass is 35.5. The fraction of sp³-hybridized carbons (Fsp3) is 0.273. The van der Waals surface area contributed by atoms with Gasteiger partial charge in [-0.1, -0.05) is 43.1 Å². The highest BCUT2D eigenvalue weighted by Gasteiger charge is 2.10. The van der Waals surface area contributed by atoms with Crippen molar-refractivity contribution < 1.29 is 0 Å². The molecule has 2 aromatic rings. The molecule has 0 radical (unpaired) electrons. The molecule has 1 heterocycles. The summed E-state index contributed by atoms with van der Waals surface area (Å²) in [6.07, 6.45) is 0. The molecular weight excluding hydrogens is 231 g/mol. The number of aromatic nitrogens is 2. The normalized spacial score (nSPS) is 11.3. The van der Waals surface area contributed by atoms with Crippen LogP contribution in [0, 0.1) is 0 Å². The van der Waals surface area contributed by atoms with Crippen LogP contribution < -0.4 is 0 Å². The monoisotopic (exact) mass is 240 g/mol. The Hall–Kier alpha value is -0.860. The average molecular weight is 241 g/mol. The van der Waals surface area contributed by atoms with Crippen LogP contribution in [-0.2, 0) is 0 Å². The lowest BCUT2D eigenvalue weighted by atomic mass is 10.2. The third-order valence-electron chi connectivity index (χ3n) is 2.16. The number of nitrogens with zero attached hydrogens (tertiary/aromatic N) is 2. The van der Waals surface area contributed by atoms with Gasteiger partial charge in [0.05, 0.1) is 10.5 Å². The van der Waals surface area contributed by atoms with Crippen molar-refractivity contribution in [2.24, 2.45) is 0 Å². The van der Waals surface area contributed by atoms with E-state index in [1.165, 1.54) is 0 Å². The average Bonchev–Trinajstić information content (AvgIpc) is 2.19. The molecule has 2 rings (SSSR count). The first-order chi connectivity index (χ1) is 7.09. The maximum Gasteiger partial charge on any atom is 0.140 e. The van der Waals surface area contributed by atoms with Crippen molar-refractivity contribution >= 4 is 34.1 Å². The molecule has 0 fully saturated rings. The first kappa shape index (κ1) is 10.7. The van der Waals surface area contributed by atoms with Crippen molar-refractivity contribution in [2.75, 3.05) is 0 Å². The molecule has 78 valence electrons. The summed E-state index contributed by atoms with van der Waals surface area (Å²) < 4.78 is 0. The lowest BCUT2D eigenvalue weighted by Gasteiger charge is -2.07. The summed E-state index contributed by atoms with van der Waals surface area (Å²) in [5.74, 6) is 0.962. The zero-order valence-corrected chi connectivity index (χ0v) is 9.97. The summed E-state index contributed by atoms with van der Waals surface area (Å²) in [6.45, 7) is 4.04. The number of benzene rings is 1. The number of para-hydroxylation sites is 1. The second kappa shape index (κ2) is 3.95. The third-order valence-corrected chi connectivity index (χ3v) is 2.76. The van der Waals surface area contributed by atoms with Gasteiger partial charge < -0.3 is 0 Å². The van der Waals surface area contributed by atoms with Crippen LogP contribution in [0.4, 0.5) is 0 Å². The van der Waals surface area contributed by atoms with Crippen LogP contribution in [0.5, 0.6) is 0 Å². The summed E-state index contributed by atoms with van der Waals surface area (Å²) in [5, 5.41) is 1.87. The van der Waals surface area contributed by atoms with Crippen LogP contribution >= 0.6 is 23.2 Å². The van der Waals surface area contributed by atoms with E-state index in [0.29, 0.717) is 10.2 Å². The van der Waals surface area contributed by atoms with Gasteiger partial charge in [-0.15, -0.1) is 0 Å². The zero-order chi connectivity index (χ0) is 11.0. The Labute approximate surface area is 98.3 Å². The van der Waals surface area contributed by atoms with E-state index in [4.69, 9.17) is 23.2 Å². The first-order valence-electron chi connectivity index (χ1n) is 4.71. The molecule has 4 heteroatoms. The topological polar surface area (TPSA) is 25.8 Å². The van der Waals surface area contributed by atoms with Crippen molar-refractivity contribution in [2.45, 2.75) is 19.8 Å². The molecule has 0 saturated carbocycles. The predicted octanol–water partition coefficient (Wildman–Crippen LogP) is 4.06. The Morgan fingerprint density at radius 2 is 1.87 bits per heavy atom. The second-order valence-electron chi connectivity index (χ2n) is 3.66. The highest BCUT2D eigenvalue weighted by Crippen LogP contribution is 2.27. The Kier molecular flexibility index (Phi) is 2.81. The van der Waals surface area contributed by atoms with E-state index in [1.54, 1.807) is 6.07 Å². The highest BCUT2D eigenvalue weighted by molar-refractivity contribution is 6.38. The summed E-state index contributed by atoms with van der Waals surface area (Å²) in [5.41, 5.74) is 0.725. The zero-order valence-electron chi connectivity index (χ0n) is 8.46. The first-order valence-corrected chi connectivity index (χ1v) is 5.47. The fourth-order valence-corrected chi connectivity index (χ4v) is 1.81. The molecule has 0 spiro atoms. The van der Waals surface area contributed by atoms with Gasteiger partial charge in [-0.2, -0.15) is 0 Å². The molecule has 0 aliphatic carbocycles. The Morgan fingerprint density at radius 1 is 1.13 bits per heavy atom. The minimum atomic E-state index is 0.239. The molecule has 15 heavy (non-hydrogen) atoms. The minimum absolute atomic E-state index is 0.239. The Balaban J connectivity index is 2.80. The summed E-state index contributed by atoms with van der Waals surface area (Å²) >= 11 is 12.1. The summed E-state index contributed by atoms with van der Waals surface area (Å²) in [4.78, 5) is 8.65. The molecule has 0 aliphatic heterocycles. The number of halogens is 2. The van der Waals surface area contributed by atoms with Crippen molar-refractivity contribution in [3.63, 3.8) is 0 Å². The Bertz CT molecular complexity index is 509. The van der Waals surface area contributed by atoms with Gasteiger partial charge in [0.1, 0.15) is 11.0 Å². The van der Waals surface area contributed by atoms with Crippen molar-refractivity contribution in [1.82, 2.24) is 9.97 Å². The van der Waals surface area contributed by atoms with Gasteiger partial charge in [-0.25, -0.2) is 9.97 Å². The van der Waals surface area contributed by atoms with Crippen molar-refractivity contribution in [3.8, 4) is 0 Å². The maximum atomic E-state index is 6.07. The number of hydrogen-bond acceptors (Lipinski definition) is 2. The Morgan fingerprint density at radius 3 is 2.53 bits per heavy atom. The van der Waals surface area contributed by atoms with E-state index in [9.17, 15) is 0 Å². The molecule has 0 atom stereocenters. The molecule has 0 saturated heterocycles. The number of fused-ring (bicyclic) bond motifs is 1. The molecule has 0 bridgehead atoms. The molecule has 2 nitrogen and oxygen atoms in total. The van der Waals surface area contributed by atoms with E-state index in [0.717, 1.165) is 16.7 Å². The molecule has 1 aromatic heterocycles. The van der Waals surface area contributed by atoms with Gasteiger partial charge in [0, 0.05) is 11.3 Å². The predicted molar refractivity (Wildman–Crippen MR) is 63.6 cm³/mol. The van der Waals surface area contributed by atoms with Crippen molar-refractivity contribution in [1.29, 1.82) is 0 Å². The van der Waals surface area contributed by atoms with E-state index in [1.807, 2.05) is 26.0 Å². The van der Waals surface area contributed by atoms with E-state index < -0.39 is 0 Å². The van der Waals surface area contributed by atoms with Gasteiger partial charge in [0.2, 0.25) is 0 Å². The fourth-order valence-electron chi connectivity index (χ4n) is 1.35. The van der Waals surface area contributed by atoms with Crippen LogP contribution in [0.15, 0.2) is 18.2 Å². The quantitative estimate of drug-likeness (QED) is 0.703. The molecular formula is C11H10Cl2N2.